The van der Waals surface area contributed by atoms with E-state index >= 15 is 0 Å². The molecule has 106 valence electrons. The van der Waals surface area contributed by atoms with Crippen molar-refractivity contribution in [2.75, 3.05) is 12.8 Å². The first-order chi connectivity index (χ1) is 9.52. The highest BCUT2D eigenvalue weighted by atomic mass is 16.5. The first kappa shape index (κ1) is 13.9. The number of carboxylic acids is 1. The van der Waals surface area contributed by atoms with Crippen LogP contribution in [0.25, 0.3) is 0 Å². The van der Waals surface area contributed by atoms with Crippen LogP contribution in [0.5, 0.6) is 5.75 Å². The lowest BCUT2D eigenvalue weighted by molar-refractivity contribution is -0.137. The number of methoxy groups -OCH3 is 1. The number of nitrogen functional groups attached to an aromatic ring is 1. The Labute approximate surface area is 116 Å². The van der Waals surface area contributed by atoms with E-state index < -0.39 is 5.97 Å². The van der Waals surface area contributed by atoms with Gasteiger partial charge in [0.1, 0.15) is 11.6 Å². The predicted octanol–water partition coefficient (Wildman–Crippen LogP) is 1.92. The number of carbonyl (C=O) groups is 1. The summed E-state index contributed by atoms with van der Waals surface area (Å²) in [5.41, 5.74) is 8.23. The van der Waals surface area contributed by atoms with Gasteiger partial charge in [-0.2, -0.15) is 5.10 Å². The fourth-order valence-corrected chi connectivity index (χ4v) is 2.29. The van der Waals surface area contributed by atoms with Gasteiger partial charge in [-0.25, -0.2) is 0 Å². The maximum absolute atomic E-state index is 11.1. The minimum atomic E-state index is -0.884. The van der Waals surface area contributed by atoms with Gasteiger partial charge in [0.25, 0.3) is 0 Å². The molecule has 2 rings (SSSR count). The number of aromatic nitrogens is 2. The zero-order chi connectivity index (χ0) is 14.7. The number of ether oxygens (including phenoxy) is 1. The molecule has 0 aliphatic heterocycles. The van der Waals surface area contributed by atoms with Gasteiger partial charge in [0.15, 0.2) is 0 Å². The summed E-state index contributed by atoms with van der Waals surface area (Å²) >= 11 is 0. The minimum absolute atomic E-state index is 0.0447. The van der Waals surface area contributed by atoms with Gasteiger partial charge in [0.2, 0.25) is 0 Å². The number of H-pyrrole nitrogens is 1. The minimum Gasteiger partial charge on any atom is -0.497 e. The van der Waals surface area contributed by atoms with E-state index in [1.807, 2.05) is 19.1 Å². The van der Waals surface area contributed by atoms with Gasteiger partial charge in [-0.15, -0.1) is 0 Å². The average Bonchev–Trinajstić information content (AvgIpc) is 2.76. The van der Waals surface area contributed by atoms with Gasteiger partial charge in [-0.1, -0.05) is 12.1 Å². The maximum Gasteiger partial charge on any atom is 0.304 e. The van der Waals surface area contributed by atoms with E-state index in [0.29, 0.717) is 5.82 Å². The highest BCUT2D eigenvalue weighted by Crippen LogP contribution is 2.33. The highest BCUT2D eigenvalue weighted by Gasteiger charge is 2.24. The van der Waals surface area contributed by atoms with Crippen LogP contribution in [-0.2, 0) is 4.79 Å². The Balaban J connectivity index is 2.44. The number of hydrogen-bond acceptors (Lipinski definition) is 4. The van der Waals surface area contributed by atoms with E-state index in [2.05, 4.69) is 10.2 Å². The number of aliphatic carboxylic acids is 1. The zero-order valence-corrected chi connectivity index (χ0v) is 11.4. The number of nitrogens with two attached hydrogens (primary N) is 1. The van der Waals surface area contributed by atoms with Crippen molar-refractivity contribution in [1.29, 1.82) is 0 Å². The lowest BCUT2D eigenvalue weighted by atomic mass is 9.88. The molecule has 4 N–H and O–H groups in total. The Kier molecular flexibility index (Phi) is 3.93. The van der Waals surface area contributed by atoms with Gasteiger partial charge in [-0.3, -0.25) is 9.89 Å². The first-order valence-corrected chi connectivity index (χ1v) is 6.19. The van der Waals surface area contributed by atoms with Crippen LogP contribution in [0, 0.1) is 6.92 Å². The van der Waals surface area contributed by atoms with Crippen molar-refractivity contribution in [3.05, 3.63) is 41.1 Å². The molecular weight excluding hydrogens is 258 g/mol. The normalized spacial score (nSPS) is 12.1. The molecule has 6 heteroatoms. The molecule has 0 bridgehead atoms. The molecule has 0 saturated heterocycles. The number of aromatic amines is 1. The number of anilines is 1. The monoisotopic (exact) mass is 275 g/mol. The standard InChI is InChI=1S/C14H17N3O3/c1-8-13(14(15)17-16-8)11(7-12(18)19)9-3-5-10(20-2)6-4-9/h3-6,11H,7H2,1-2H3,(H,18,19)(H3,15,16,17). The molecule has 1 aromatic carbocycles. The topological polar surface area (TPSA) is 101 Å². The van der Waals surface area contributed by atoms with Crippen LogP contribution in [-0.4, -0.2) is 28.4 Å². The number of rotatable bonds is 5. The van der Waals surface area contributed by atoms with Crippen molar-refractivity contribution in [2.45, 2.75) is 19.3 Å². The number of hydrogen-bond donors (Lipinski definition) is 3. The maximum atomic E-state index is 11.1. The molecule has 0 aliphatic rings. The number of benzene rings is 1. The molecule has 0 radical (unpaired) electrons. The number of aryl methyl sites for hydroxylation is 1. The van der Waals surface area contributed by atoms with Gasteiger partial charge >= 0.3 is 5.97 Å². The Hall–Kier alpha value is -2.50. The molecule has 0 aliphatic carbocycles. The second-order valence-electron chi connectivity index (χ2n) is 4.57. The van der Waals surface area contributed by atoms with E-state index in [4.69, 9.17) is 15.6 Å². The van der Waals surface area contributed by atoms with Crippen molar-refractivity contribution >= 4 is 11.8 Å². The molecule has 1 aromatic heterocycles. The van der Waals surface area contributed by atoms with Crippen molar-refractivity contribution in [2.24, 2.45) is 0 Å². The van der Waals surface area contributed by atoms with Crippen molar-refractivity contribution in [3.8, 4) is 5.75 Å². The van der Waals surface area contributed by atoms with Crippen LogP contribution in [0.1, 0.15) is 29.2 Å². The average molecular weight is 275 g/mol. The fourth-order valence-electron chi connectivity index (χ4n) is 2.29. The Morgan fingerprint density at radius 2 is 2.10 bits per heavy atom. The summed E-state index contributed by atoms with van der Waals surface area (Å²) in [5, 5.41) is 15.9. The van der Waals surface area contributed by atoms with Crippen LogP contribution < -0.4 is 10.5 Å². The summed E-state index contributed by atoms with van der Waals surface area (Å²) in [4.78, 5) is 11.1. The van der Waals surface area contributed by atoms with E-state index in [-0.39, 0.29) is 12.3 Å². The van der Waals surface area contributed by atoms with Crippen LogP contribution >= 0.6 is 0 Å². The number of nitrogens with one attached hydrogen (secondary N) is 1. The molecule has 0 spiro atoms. The van der Waals surface area contributed by atoms with Crippen LogP contribution in [0.3, 0.4) is 0 Å². The van der Waals surface area contributed by atoms with Gasteiger partial charge in [-0.05, 0) is 24.6 Å². The van der Waals surface area contributed by atoms with E-state index in [1.54, 1.807) is 19.2 Å². The van der Waals surface area contributed by atoms with E-state index in [9.17, 15) is 4.79 Å². The smallest absolute Gasteiger partial charge is 0.304 e. The first-order valence-electron chi connectivity index (χ1n) is 6.19. The third-order valence-corrected chi connectivity index (χ3v) is 3.27. The Morgan fingerprint density at radius 3 is 2.55 bits per heavy atom. The summed E-state index contributed by atoms with van der Waals surface area (Å²) in [6.07, 6.45) is -0.0447. The molecule has 1 heterocycles. The Bertz CT molecular complexity index is 585. The molecule has 20 heavy (non-hydrogen) atoms. The van der Waals surface area contributed by atoms with Crippen molar-refractivity contribution in [3.63, 3.8) is 0 Å². The summed E-state index contributed by atoms with van der Waals surface area (Å²) < 4.78 is 5.11. The summed E-state index contributed by atoms with van der Waals surface area (Å²) in [6.45, 7) is 1.83. The van der Waals surface area contributed by atoms with E-state index in [0.717, 1.165) is 22.6 Å². The van der Waals surface area contributed by atoms with Gasteiger partial charge in [0.05, 0.1) is 13.5 Å². The molecule has 1 atom stereocenters. The third kappa shape index (κ3) is 2.74. The largest absolute Gasteiger partial charge is 0.497 e. The summed E-state index contributed by atoms with van der Waals surface area (Å²) in [5.74, 6) is -0.160. The molecule has 0 saturated carbocycles. The van der Waals surface area contributed by atoms with Gasteiger partial charge < -0.3 is 15.6 Å². The molecule has 2 aromatic rings. The molecule has 6 nitrogen and oxygen atoms in total. The van der Waals surface area contributed by atoms with E-state index in [1.165, 1.54) is 0 Å². The molecule has 1 unspecified atom stereocenters. The molecule has 0 amide bonds. The second-order valence-corrected chi connectivity index (χ2v) is 4.57. The Morgan fingerprint density at radius 1 is 1.45 bits per heavy atom. The van der Waals surface area contributed by atoms with Crippen molar-refractivity contribution < 1.29 is 14.6 Å². The lowest BCUT2D eigenvalue weighted by Crippen LogP contribution is -2.10. The van der Waals surface area contributed by atoms with Gasteiger partial charge in [0, 0.05) is 17.2 Å². The quantitative estimate of drug-likeness (QED) is 0.773. The fraction of sp³-hybridized carbons (Fsp3) is 0.286. The summed E-state index contributed by atoms with van der Waals surface area (Å²) in [7, 11) is 1.59. The molecular formula is C14H17N3O3. The second kappa shape index (κ2) is 5.64. The summed E-state index contributed by atoms with van der Waals surface area (Å²) in [6, 6.07) is 7.29. The zero-order valence-electron chi connectivity index (χ0n) is 11.4. The number of nitrogens with zero attached hydrogens (tertiary/aromatic N) is 1. The SMILES string of the molecule is COc1ccc(C(CC(=O)O)c2c(N)n[nH]c2C)cc1. The third-order valence-electron chi connectivity index (χ3n) is 3.27. The lowest BCUT2D eigenvalue weighted by Gasteiger charge is -2.16. The molecule has 0 fully saturated rings. The van der Waals surface area contributed by atoms with Crippen LogP contribution in [0.4, 0.5) is 5.82 Å². The predicted molar refractivity (Wildman–Crippen MR) is 74.8 cm³/mol. The number of carboxylic acid groups (broad SMARTS) is 1. The van der Waals surface area contributed by atoms with Crippen LogP contribution in [0.15, 0.2) is 24.3 Å². The van der Waals surface area contributed by atoms with Crippen LogP contribution in [0.2, 0.25) is 0 Å². The van der Waals surface area contributed by atoms with Crippen molar-refractivity contribution in [1.82, 2.24) is 10.2 Å². The highest BCUT2D eigenvalue weighted by molar-refractivity contribution is 5.70.